The predicted octanol–water partition coefficient (Wildman–Crippen LogP) is 0.746. The SMILES string of the molecule is C=CCNCc1nc(-c2cnn(C)c2)no1. The maximum absolute atomic E-state index is 5.08. The van der Waals surface area contributed by atoms with Gasteiger partial charge in [-0.05, 0) is 0 Å². The van der Waals surface area contributed by atoms with E-state index in [4.69, 9.17) is 4.52 Å². The van der Waals surface area contributed by atoms with Gasteiger partial charge in [-0.2, -0.15) is 10.1 Å². The van der Waals surface area contributed by atoms with Gasteiger partial charge in [-0.15, -0.1) is 6.58 Å². The van der Waals surface area contributed by atoms with E-state index >= 15 is 0 Å². The first kappa shape index (κ1) is 10.6. The summed E-state index contributed by atoms with van der Waals surface area (Å²) < 4.78 is 6.78. The Morgan fingerprint density at radius 3 is 3.19 bits per heavy atom. The first-order valence-corrected chi connectivity index (χ1v) is 4.93. The van der Waals surface area contributed by atoms with Crippen molar-refractivity contribution < 1.29 is 4.52 Å². The summed E-state index contributed by atoms with van der Waals surface area (Å²) in [4.78, 5) is 4.24. The van der Waals surface area contributed by atoms with Crippen molar-refractivity contribution in [2.75, 3.05) is 6.54 Å². The molecule has 0 fully saturated rings. The minimum atomic E-state index is 0.541. The van der Waals surface area contributed by atoms with Crippen LogP contribution in [0.25, 0.3) is 11.4 Å². The second kappa shape index (κ2) is 4.71. The normalized spacial score (nSPS) is 10.6. The molecule has 2 aromatic rings. The summed E-state index contributed by atoms with van der Waals surface area (Å²) in [5.74, 6) is 1.12. The van der Waals surface area contributed by atoms with Gasteiger partial charge >= 0.3 is 0 Å². The maximum atomic E-state index is 5.08. The molecular weight excluding hydrogens is 206 g/mol. The molecule has 2 aromatic heterocycles. The number of hydrogen-bond acceptors (Lipinski definition) is 5. The van der Waals surface area contributed by atoms with Gasteiger partial charge in [-0.3, -0.25) is 4.68 Å². The molecule has 6 heteroatoms. The Hall–Kier alpha value is -1.95. The summed E-state index contributed by atoms with van der Waals surface area (Å²) in [5, 5.41) is 11.0. The van der Waals surface area contributed by atoms with Gasteiger partial charge in [-0.1, -0.05) is 11.2 Å². The molecule has 0 spiro atoms. The number of rotatable bonds is 5. The van der Waals surface area contributed by atoms with Gasteiger partial charge in [0.1, 0.15) is 0 Å². The fourth-order valence-electron chi connectivity index (χ4n) is 1.26. The molecule has 16 heavy (non-hydrogen) atoms. The zero-order chi connectivity index (χ0) is 11.4. The molecule has 2 rings (SSSR count). The first-order valence-electron chi connectivity index (χ1n) is 4.93. The third-order valence-corrected chi connectivity index (χ3v) is 2.00. The van der Waals surface area contributed by atoms with Crippen molar-refractivity contribution in [3.05, 3.63) is 30.9 Å². The second-order valence-electron chi connectivity index (χ2n) is 3.33. The number of aromatic nitrogens is 4. The highest BCUT2D eigenvalue weighted by molar-refractivity contribution is 5.50. The Morgan fingerprint density at radius 2 is 2.50 bits per heavy atom. The zero-order valence-corrected chi connectivity index (χ0v) is 9.05. The summed E-state index contributed by atoms with van der Waals surface area (Å²) in [6.45, 7) is 4.86. The number of aryl methyl sites for hydroxylation is 1. The van der Waals surface area contributed by atoms with Gasteiger partial charge in [0, 0.05) is 19.8 Å². The lowest BCUT2D eigenvalue weighted by atomic mass is 10.3. The van der Waals surface area contributed by atoms with Crippen LogP contribution < -0.4 is 5.32 Å². The Kier molecular flexibility index (Phi) is 3.11. The molecule has 0 aliphatic rings. The lowest BCUT2D eigenvalue weighted by Crippen LogP contribution is -2.12. The van der Waals surface area contributed by atoms with E-state index in [0.717, 1.165) is 5.56 Å². The zero-order valence-electron chi connectivity index (χ0n) is 9.05. The summed E-state index contributed by atoms with van der Waals surface area (Å²) in [6.07, 6.45) is 5.32. The molecule has 0 saturated heterocycles. The van der Waals surface area contributed by atoms with Crippen LogP contribution in [0, 0.1) is 0 Å². The van der Waals surface area contributed by atoms with E-state index in [-0.39, 0.29) is 0 Å². The van der Waals surface area contributed by atoms with Crippen LogP contribution in [0.2, 0.25) is 0 Å². The van der Waals surface area contributed by atoms with Crippen LogP contribution in [-0.2, 0) is 13.6 Å². The monoisotopic (exact) mass is 219 g/mol. The van der Waals surface area contributed by atoms with Crippen LogP contribution in [0.1, 0.15) is 5.89 Å². The lowest BCUT2D eigenvalue weighted by Gasteiger charge is -1.93. The molecule has 84 valence electrons. The molecule has 0 radical (unpaired) electrons. The van der Waals surface area contributed by atoms with Gasteiger partial charge in [0.15, 0.2) is 0 Å². The Morgan fingerprint density at radius 1 is 1.62 bits per heavy atom. The van der Waals surface area contributed by atoms with Gasteiger partial charge in [0.2, 0.25) is 11.7 Å². The van der Waals surface area contributed by atoms with Crippen molar-refractivity contribution in [2.45, 2.75) is 6.54 Å². The largest absolute Gasteiger partial charge is 0.338 e. The average molecular weight is 219 g/mol. The first-order chi connectivity index (χ1) is 7.79. The smallest absolute Gasteiger partial charge is 0.240 e. The molecule has 2 heterocycles. The Labute approximate surface area is 93.0 Å². The highest BCUT2D eigenvalue weighted by Crippen LogP contribution is 2.13. The molecule has 0 aliphatic carbocycles. The van der Waals surface area contributed by atoms with Gasteiger partial charge in [-0.25, -0.2) is 0 Å². The van der Waals surface area contributed by atoms with Gasteiger partial charge in [0.25, 0.3) is 0 Å². The predicted molar refractivity (Wildman–Crippen MR) is 58.4 cm³/mol. The Bertz CT molecular complexity index is 473. The average Bonchev–Trinajstić information content (AvgIpc) is 2.87. The van der Waals surface area contributed by atoms with Crippen LogP contribution in [0.15, 0.2) is 29.6 Å². The molecule has 0 aromatic carbocycles. The number of nitrogens with zero attached hydrogens (tertiary/aromatic N) is 4. The van der Waals surface area contributed by atoms with Crippen LogP contribution in [0.4, 0.5) is 0 Å². The van der Waals surface area contributed by atoms with Crippen LogP contribution in [0.3, 0.4) is 0 Å². The van der Waals surface area contributed by atoms with E-state index in [9.17, 15) is 0 Å². The molecule has 6 nitrogen and oxygen atoms in total. The second-order valence-corrected chi connectivity index (χ2v) is 3.33. The molecule has 0 aliphatic heterocycles. The van der Waals surface area contributed by atoms with Gasteiger partial charge < -0.3 is 9.84 Å². The fraction of sp³-hybridized carbons (Fsp3) is 0.300. The highest BCUT2D eigenvalue weighted by atomic mass is 16.5. The molecule has 0 atom stereocenters. The number of hydrogen-bond donors (Lipinski definition) is 1. The van der Waals surface area contributed by atoms with Crippen molar-refractivity contribution in [3.63, 3.8) is 0 Å². The molecule has 0 unspecified atom stereocenters. The fourth-order valence-corrected chi connectivity index (χ4v) is 1.26. The van der Waals surface area contributed by atoms with Crippen molar-refractivity contribution in [1.82, 2.24) is 25.2 Å². The van der Waals surface area contributed by atoms with Crippen LogP contribution in [-0.4, -0.2) is 26.5 Å². The molecule has 1 N–H and O–H groups in total. The minimum absolute atomic E-state index is 0.541. The minimum Gasteiger partial charge on any atom is -0.338 e. The standard InChI is InChI=1S/C10H13N5O/c1-3-4-11-6-9-13-10(14-16-9)8-5-12-15(2)7-8/h3,5,7,11H,1,4,6H2,2H3. The summed E-state index contributed by atoms with van der Waals surface area (Å²) in [6, 6.07) is 0. The third-order valence-electron chi connectivity index (χ3n) is 2.00. The van der Waals surface area contributed by atoms with E-state index in [0.29, 0.717) is 24.8 Å². The van der Waals surface area contributed by atoms with E-state index in [1.165, 1.54) is 0 Å². The molecular formula is C10H13N5O. The summed E-state index contributed by atoms with van der Waals surface area (Å²) in [7, 11) is 1.84. The van der Waals surface area contributed by atoms with E-state index in [1.54, 1.807) is 17.0 Å². The molecule has 0 amide bonds. The van der Waals surface area contributed by atoms with E-state index < -0.39 is 0 Å². The Balaban J connectivity index is 2.04. The highest BCUT2D eigenvalue weighted by Gasteiger charge is 2.09. The van der Waals surface area contributed by atoms with E-state index in [1.807, 2.05) is 13.2 Å². The quantitative estimate of drug-likeness (QED) is 0.593. The van der Waals surface area contributed by atoms with Crippen molar-refractivity contribution in [3.8, 4) is 11.4 Å². The van der Waals surface area contributed by atoms with Crippen molar-refractivity contribution >= 4 is 0 Å². The van der Waals surface area contributed by atoms with Crippen LogP contribution >= 0.6 is 0 Å². The number of nitrogens with one attached hydrogen (secondary N) is 1. The van der Waals surface area contributed by atoms with E-state index in [2.05, 4.69) is 27.1 Å². The molecule has 0 bridgehead atoms. The van der Waals surface area contributed by atoms with Crippen molar-refractivity contribution in [1.29, 1.82) is 0 Å². The summed E-state index contributed by atoms with van der Waals surface area (Å²) >= 11 is 0. The van der Waals surface area contributed by atoms with Crippen molar-refractivity contribution in [2.24, 2.45) is 7.05 Å². The lowest BCUT2D eigenvalue weighted by molar-refractivity contribution is 0.370. The maximum Gasteiger partial charge on any atom is 0.240 e. The third kappa shape index (κ3) is 2.34. The van der Waals surface area contributed by atoms with Crippen LogP contribution in [0.5, 0.6) is 0 Å². The topological polar surface area (TPSA) is 68.8 Å². The van der Waals surface area contributed by atoms with Gasteiger partial charge in [0.05, 0.1) is 18.3 Å². The molecule has 0 saturated carbocycles. The summed E-state index contributed by atoms with van der Waals surface area (Å²) in [5.41, 5.74) is 0.848.